The fourth-order valence-electron chi connectivity index (χ4n) is 4.32. The van der Waals surface area contributed by atoms with Gasteiger partial charge in [0.25, 0.3) is 0 Å². The molecule has 3 rings (SSSR count). The van der Waals surface area contributed by atoms with Crippen molar-refractivity contribution in [3.05, 3.63) is 99.0 Å². The van der Waals surface area contributed by atoms with Gasteiger partial charge in [0.05, 0.1) is 11.9 Å². The van der Waals surface area contributed by atoms with E-state index in [4.69, 9.17) is 23.2 Å². The molecular weight excluding hydrogens is 581 g/mol. The molecule has 0 aliphatic heterocycles. The standard InChI is InChI=1S/C31H37Cl2N3O4S/c1-6-23(4)34-31(38)29(17-24-10-8-7-9-11-24)35(19-25-13-14-26(32)18-28(25)33)30(37)20-36(41(5,39)40)27-15-12-21(2)22(3)16-27/h7-16,18,23,29H,6,17,19-20H2,1-5H3,(H,34,38)/t23-,29-/m1/s1. The number of aryl methyl sites for hydroxylation is 2. The van der Waals surface area contributed by atoms with Gasteiger partial charge < -0.3 is 10.2 Å². The van der Waals surface area contributed by atoms with Gasteiger partial charge in [0.1, 0.15) is 12.6 Å². The molecule has 0 aliphatic rings. The fraction of sp³-hybridized carbons (Fsp3) is 0.355. The highest BCUT2D eigenvalue weighted by Crippen LogP contribution is 2.26. The minimum atomic E-state index is -3.85. The van der Waals surface area contributed by atoms with Gasteiger partial charge in [-0.1, -0.05) is 72.6 Å². The van der Waals surface area contributed by atoms with E-state index >= 15 is 0 Å². The monoisotopic (exact) mass is 617 g/mol. The zero-order valence-electron chi connectivity index (χ0n) is 24.0. The molecule has 1 N–H and O–H groups in total. The molecule has 0 heterocycles. The van der Waals surface area contributed by atoms with Crippen molar-refractivity contribution in [3.63, 3.8) is 0 Å². The lowest BCUT2D eigenvalue weighted by atomic mass is 10.0. The molecule has 0 saturated heterocycles. The highest BCUT2D eigenvalue weighted by Gasteiger charge is 2.33. The minimum absolute atomic E-state index is 0.0230. The quantitative estimate of drug-likeness (QED) is 0.273. The molecule has 0 unspecified atom stereocenters. The van der Waals surface area contributed by atoms with Crippen molar-refractivity contribution >= 4 is 50.7 Å². The van der Waals surface area contributed by atoms with Crippen LogP contribution in [0.25, 0.3) is 0 Å². The SMILES string of the molecule is CC[C@@H](C)NC(=O)[C@@H](Cc1ccccc1)N(Cc1ccc(Cl)cc1Cl)C(=O)CN(c1ccc(C)c(C)c1)S(C)(=O)=O. The Morgan fingerprint density at radius 2 is 1.63 bits per heavy atom. The third-order valence-corrected chi connectivity index (χ3v) is 8.81. The summed E-state index contributed by atoms with van der Waals surface area (Å²) in [6, 6.07) is 18.5. The van der Waals surface area contributed by atoms with E-state index in [0.29, 0.717) is 27.7 Å². The Balaban J connectivity index is 2.10. The Bertz CT molecular complexity index is 1480. The maximum Gasteiger partial charge on any atom is 0.244 e. The second kappa shape index (κ2) is 14.2. The van der Waals surface area contributed by atoms with E-state index < -0.39 is 28.5 Å². The average Bonchev–Trinajstić information content (AvgIpc) is 2.91. The summed E-state index contributed by atoms with van der Waals surface area (Å²) in [6.45, 7) is 7.15. The zero-order valence-corrected chi connectivity index (χ0v) is 26.4. The lowest BCUT2D eigenvalue weighted by molar-refractivity contribution is -0.140. The van der Waals surface area contributed by atoms with Crippen LogP contribution in [-0.4, -0.2) is 50.0 Å². The number of hydrogen-bond acceptors (Lipinski definition) is 4. The lowest BCUT2D eigenvalue weighted by Crippen LogP contribution is -2.54. The summed E-state index contributed by atoms with van der Waals surface area (Å²) in [7, 11) is -3.85. The molecule has 2 atom stereocenters. The lowest BCUT2D eigenvalue weighted by Gasteiger charge is -2.34. The van der Waals surface area contributed by atoms with Crippen LogP contribution in [0.15, 0.2) is 66.7 Å². The van der Waals surface area contributed by atoms with Crippen LogP contribution in [0.4, 0.5) is 5.69 Å². The summed E-state index contributed by atoms with van der Waals surface area (Å²) >= 11 is 12.6. The number of benzene rings is 3. The number of nitrogens with one attached hydrogen (secondary N) is 1. The van der Waals surface area contributed by atoms with Crippen molar-refractivity contribution in [2.75, 3.05) is 17.1 Å². The minimum Gasteiger partial charge on any atom is -0.352 e. The molecule has 3 aromatic carbocycles. The maximum atomic E-state index is 14.2. The molecule has 0 aromatic heterocycles. The van der Waals surface area contributed by atoms with Gasteiger partial charge >= 0.3 is 0 Å². The number of carbonyl (C=O) groups excluding carboxylic acids is 2. The molecular formula is C31H37Cl2N3O4S. The molecule has 0 saturated carbocycles. The summed E-state index contributed by atoms with van der Waals surface area (Å²) in [6.07, 6.45) is 1.99. The second-order valence-electron chi connectivity index (χ2n) is 10.3. The van der Waals surface area contributed by atoms with E-state index in [1.54, 1.807) is 30.3 Å². The molecule has 0 radical (unpaired) electrons. The largest absolute Gasteiger partial charge is 0.352 e. The van der Waals surface area contributed by atoms with E-state index in [2.05, 4.69) is 5.32 Å². The van der Waals surface area contributed by atoms with Gasteiger partial charge in [-0.15, -0.1) is 0 Å². The first-order chi connectivity index (χ1) is 19.3. The van der Waals surface area contributed by atoms with Crippen molar-refractivity contribution in [1.82, 2.24) is 10.2 Å². The number of sulfonamides is 1. The van der Waals surface area contributed by atoms with Crippen molar-refractivity contribution in [2.45, 2.75) is 59.2 Å². The van der Waals surface area contributed by atoms with E-state index in [0.717, 1.165) is 27.3 Å². The Morgan fingerprint density at radius 1 is 0.951 bits per heavy atom. The second-order valence-corrected chi connectivity index (χ2v) is 13.1. The highest BCUT2D eigenvalue weighted by atomic mass is 35.5. The number of carbonyl (C=O) groups is 2. The first-order valence-corrected chi connectivity index (χ1v) is 16.0. The topological polar surface area (TPSA) is 86.8 Å². The summed E-state index contributed by atoms with van der Waals surface area (Å²) in [5, 5.41) is 3.78. The smallest absolute Gasteiger partial charge is 0.244 e. The number of rotatable bonds is 12. The van der Waals surface area contributed by atoms with Crippen LogP contribution < -0.4 is 9.62 Å². The van der Waals surface area contributed by atoms with E-state index in [1.165, 1.54) is 4.90 Å². The maximum absolute atomic E-state index is 14.2. The molecule has 7 nitrogen and oxygen atoms in total. The van der Waals surface area contributed by atoms with Gasteiger partial charge in [-0.05, 0) is 73.7 Å². The summed E-state index contributed by atoms with van der Waals surface area (Å²) in [5.74, 6) is -0.876. The Labute approximate surface area is 253 Å². The van der Waals surface area contributed by atoms with Crippen molar-refractivity contribution in [2.24, 2.45) is 0 Å². The van der Waals surface area contributed by atoms with Gasteiger partial charge in [-0.3, -0.25) is 13.9 Å². The van der Waals surface area contributed by atoms with Gasteiger partial charge in [-0.2, -0.15) is 0 Å². The number of hydrogen-bond donors (Lipinski definition) is 1. The highest BCUT2D eigenvalue weighted by molar-refractivity contribution is 7.92. The third-order valence-electron chi connectivity index (χ3n) is 7.09. The normalized spacial score (nSPS) is 12.9. The molecule has 220 valence electrons. The fourth-order valence-corrected chi connectivity index (χ4v) is 5.63. The van der Waals surface area contributed by atoms with E-state index in [-0.39, 0.29) is 24.9 Å². The third kappa shape index (κ3) is 8.96. The van der Waals surface area contributed by atoms with Gasteiger partial charge in [-0.25, -0.2) is 8.42 Å². The van der Waals surface area contributed by atoms with Crippen molar-refractivity contribution < 1.29 is 18.0 Å². The van der Waals surface area contributed by atoms with Gasteiger partial charge in [0.2, 0.25) is 21.8 Å². The van der Waals surface area contributed by atoms with E-state index in [1.807, 2.05) is 64.1 Å². The van der Waals surface area contributed by atoms with E-state index in [9.17, 15) is 18.0 Å². The summed E-state index contributed by atoms with van der Waals surface area (Å²) < 4.78 is 27.0. The van der Waals surface area contributed by atoms with Crippen LogP contribution in [0.5, 0.6) is 0 Å². The zero-order chi connectivity index (χ0) is 30.3. The molecule has 0 bridgehead atoms. The average molecular weight is 619 g/mol. The van der Waals surface area contributed by atoms with Gasteiger partial charge in [0, 0.05) is 29.1 Å². The molecule has 10 heteroatoms. The first kappa shape index (κ1) is 32.4. The predicted octanol–water partition coefficient (Wildman–Crippen LogP) is 5.93. The van der Waals surface area contributed by atoms with Crippen LogP contribution in [0.1, 0.15) is 42.5 Å². The summed E-state index contributed by atoms with van der Waals surface area (Å²) in [5.41, 5.74) is 3.69. The van der Waals surface area contributed by atoms with Crippen LogP contribution >= 0.6 is 23.2 Å². The predicted molar refractivity (Wildman–Crippen MR) is 167 cm³/mol. The van der Waals surface area contributed by atoms with Crippen LogP contribution in [-0.2, 0) is 32.6 Å². The number of anilines is 1. The Morgan fingerprint density at radius 3 is 2.22 bits per heavy atom. The molecule has 2 amide bonds. The van der Waals surface area contributed by atoms with Crippen molar-refractivity contribution in [1.29, 1.82) is 0 Å². The Hall–Kier alpha value is -3.07. The van der Waals surface area contributed by atoms with Gasteiger partial charge in [0.15, 0.2) is 0 Å². The van der Waals surface area contributed by atoms with Crippen LogP contribution in [0.3, 0.4) is 0 Å². The number of nitrogens with zero attached hydrogens (tertiary/aromatic N) is 2. The summed E-state index contributed by atoms with van der Waals surface area (Å²) in [4.78, 5) is 29.3. The Kier molecular flexibility index (Phi) is 11.2. The van der Waals surface area contributed by atoms with Crippen molar-refractivity contribution in [3.8, 4) is 0 Å². The molecule has 3 aromatic rings. The number of amides is 2. The molecule has 41 heavy (non-hydrogen) atoms. The first-order valence-electron chi connectivity index (χ1n) is 13.4. The molecule has 0 spiro atoms. The van der Waals surface area contributed by atoms with Crippen LogP contribution in [0.2, 0.25) is 10.0 Å². The number of halogens is 2. The molecule has 0 fully saturated rings. The molecule has 0 aliphatic carbocycles. The van der Waals surface area contributed by atoms with Crippen LogP contribution in [0, 0.1) is 13.8 Å².